The minimum Gasteiger partial charge on any atom is -0.481 e. The van der Waals surface area contributed by atoms with Crippen LogP contribution in [0.4, 0.5) is 4.39 Å². The van der Waals surface area contributed by atoms with Gasteiger partial charge in [0.15, 0.2) is 0 Å². The number of carbonyl (C=O) groups is 3. The molecule has 1 amide bonds. The topological polar surface area (TPSA) is 83.9 Å². The number of ether oxygens (including phenoxy) is 1. The van der Waals surface area contributed by atoms with Gasteiger partial charge in [0.05, 0.1) is 18.1 Å². The van der Waals surface area contributed by atoms with Crippen LogP contribution in [0.25, 0.3) is 0 Å². The van der Waals surface area contributed by atoms with Crippen LogP contribution in [0.1, 0.15) is 40.5 Å². The average molecular weight is 323 g/mol. The van der Waals surface area contributed by atoms with Crippen LogP contribution in [0.3, 0.4) is 0 Å². The van der Waals surface area contributed by atoms with Crippen LogP contribution in [0.15, 0.2) is 18.2 Å². The van der Waals surface area contributed by atoms with Gasteiger partial charge in [0.1, 0.15) is 5.82 Å². The lowest BCUT2D eigenvalue weighted by atomic mass is 9.80. The molecule has 0 saturated carbocycles. The van der Waals surface area contributed by atoms with Gasteiger partial charge in [-0.3, -0.25) is 9.59 Å². The molecule has 124 valence electrons. The van der Waals surface area contributed by atoms with Gasteiger partial charge in [-0.2, -0.15) is 0 Å². The fraction of sp³-hybridized carbons (Fsp3) is 0.438. The number of aliphatic carboxylic acids is 1. The van der Waals surface area contributed by atoms with E-state index in [-0.39, 0.29) is 24.2 Å². The zero-order chi connectivity index (χ0) is 17.2. The summed E-state index contributed by atoms with van der Waals surface area (Å²) in [5, 5.41) is 9.20. The molecule has 1 aliphatic heterocycles. The van der Waals surface area contributed by atoms with Crippen molar-refractivity contribution in [2.75, 3.05) is 20.2 Å². The number of carbonyl (C=O) groups excluding carboxylic acids is 2. The standard InChI is InChI=1S/C16H18FNO5/c1-16(15(21)22)3-5-18(6-4-16)13(19)10-7-11(14(20)23-2)9-12(17)8-10/h7-9H,3-6H2,1-2H3,(H,21,22). The maximum atomic E-state index is 13.6. The third-order valence-corrected chi connectivity index (χ3v) is 4.24. The Morgan fingerprint density at radius 3 is 2.26 bits per heavy atom. The molecule has 1 saturated heterocycles. The summed E-state index contributed by atoms with van der Waals surface area (Å²) in [5.74, 6) is -2.75. The van der Waals surface area contributed by atoms with Gasteiger partial charge < -0.3 is 14.7 Å². The van der Waals surface area contributed by atoms with Gasteiger partial charge >= 0.3 is 11.9 Å². The van der Waals surface area contributed by atoms with Crippen molar-refractivity contribution < 1.29 is 28.6 Å². The molecule has 0 aliphatic carbocycles. The first-order chi connectivity index (χ1) is 10.8. The predicted octanol–water partition coefficient (Wildman–Crippen LogP) is 1.94. The predicted molar refractivity (Wildman–Crippen MR) is 78.6 cm³/mol. The van der Waals surface area contributed by atoms with E-state index in [0.29, 0.717) is 12.8 Å². The highest BCUT2D eigenvalue weighted by Crippen LogP contribution is 2.31. The summed E-state index contributed by atoms with van der Waals surface area (Å²) in [6, 6.07) is 3.34. The number of esters is 1. The fourth-order valence-electron chi connectivity index (χ4n) is 2.55. The van der Waals surface area contributed by atoms with E-state index in [2.05, 4.69) is 4.74 Å². The summed E-state index contributed by atoms with van der Waals surface area (Å²) in [4.78, 5) is 36.6. The van der Waals surface area contributed by atoms with Crippen molar-refractivity contribution in [2.45, 2.75) is 19.8 Å². The van der Waals surface area contributed by atoms with Gasteiger partial charge in [-0.05, 0) is 38.0 Å². The number of carboxylic acid groups (broad SMARTS) is 1. The van der Waals surface area contributed by atoms with Gasteiger partial charge in [-0.25, -0.2) is 9.18 Å². The van der Waals surface area contributed by atoms with Gasteiger partial charge in [-0.15, -0.1) is 0 Å². The summed E-state index contributed by atoms with van der Waals surface area (Å²) in [7, 11) is 1.17. The molecule has 7 heteroatoms. The number of halogens is 1. The summed E-state index contributed by atoms with van der Waals surface area (Å²) in [5.41, 5.74) is -0.844. The van der Waals surface area contributed by atoms with E-state index in [4.69, 9.17) is 0 Å². The lowest BCUT2D eigenvalue weighted by Gasteiger charge is -2.36. The Morgan fingerprint density at radius 2 is 1.74 bits per heavy atom. The van der Waals surface area contributed by atoms with Gasteiger partial charge in [0, 0.05) is 18.7 Å². The van der Waals surface area contributed by atoms with E-state index in [1.807, 2.05) is 0 Å². The zero-order valence-corrected chi connectivity index (χ0v) is 13.0. The van der Waals surface area contributed by atoms with Crippen LogP contribution in [0, 0.1) is 11.2 Å². The molecule has 1 N–H and O–H groups in total. The summed E-state index contributed by atoms with van der Waals surface area (Å²) in [6.07, 6.45) is 0.653. The number of carboxylic acids is 1. The summed E-state index contributed by atoms with van der Waals surface area (Å²) >= 11 is 0. The Morgan fingerprint density at radius 1 is 1.17 bits per heavy atom. The highest BCUT2D eigenvalue weighted by molar-refractivity contribution is 5.98. The highest BCUT2D eigenvalue weighted by atomic mass is 19.1. The van der Waals surface area contributed by atoms with Crippen LogP contribution in [0.5, 0.6) is 0 Å². The number of likely N-dealkylation sites (tertiary alicyclic amines) is 1. The van der Waals surface area contributed by atoms with Gasteiger partial charge in [-0.1, -0.05) is 0 Å². The van der Waals surface area contributed by atoms with E-state index in [0.717, 1.165) is 12.1 Å². The van der Waals surface area contributed by atoms with Crippen molar-refractivity contribution >= 4 is 17.8 Å². The van der Waals surface area contributed by atoms with Gasteiger partial charge in [0.25, 0.3) is 5.91 Å². The number of benzene rings is 1. The average Bonchev–Trinajstić information content (AvgIpc) is 2.53. The van der Waals surface area contributed by atoms with Crippen molar-refractivity contribution in [2.24, 2.45) is 5.41 Å². The van der Waals surface area contributed by atoms with Crippen LogP contribution < -0.4 is 0 Å². The zero-order valence-electron chi connectivity index (χ0n) is 13.0. The first kappa shape index (κ1) is 16.9. The molecule has 0 unspecified atom stereocenters. The number of nitrogens with zero attached hydrogens (tertiary/aromatic N) is 1. The molecular weight excluding hydrogens is 305 g/mol. The molecule has 0 bridgehead atoms. The number of methoxy groups -OCH3 is 1. The highest BCUT2D eigenvalue weighted by Gasteiger charge is 2.38. The molecule has 0 spiro atoms. The lowest BCUT2D eigenvalue weighted by Crippen LogP contribution is -2.45. The summed E-state index contributed by atoms with van der Waals surface area (Å²) < 4.78 is 18.2. The van der Waals surface area contributed by atoms with E-state index < -0.39 is 29.1 Å². The molecule has 23 heavy (non-hydrogen) atoms. The molecule has 1 fully saturated rings. The molecule has 6 nitrogen and oxygen atoms in total. The molecule has 1 aromatic rings. The van der Waals surface area contributed by atoms with Gasteiger partial charge in [0.2, 0.25) is 0 Å². The Bertz CT molecular complexity index is 650. The van der Waals surface area contributed by atoms with Crippen molar-refractivity contribution in [3.8, 4) is 0 Å². The van der Waals surface area contributed by atoms with Crippen molar-refractivity contribution in [1.82, 2.24) is 4.90 Å². The molecular formula is C16H18FNO5. The van der Waals surface area contributed by atoms with Crippen molar-refractivity contribution in [3.05, 3.63) is 35.1 Å². The SMILES string of the molecule is COC(=O)c1cc(F)cc(C(=O)N2CCC(C)(C(=O)O)CC2)c1. The monoisotopic (exact) mass is 323 g/mol. The molecule has 2 rings (SSSR count). The Kier molecular flexibility index (Phi) is 4.68. The first-order valence-corrected chi connectivity index (χ1v) is 7.18. The van der Waals surface area contributed by atoms with E-state index in [1.165, 1.54) is 18.1 Å². The number of hydrogen-bond acceptors (Lipinski definition) is 4. The van der Waals surface area contributed by atoms with Crippen molar-refractivity contribution in [3.63, 3.8) is 0 Å². The summed E-state index contributed by atoms with van der Waals surface area (Å²) in [6.45, 7) is 2.19. The minimum atomic E-state index is -0.886. The quantitative estimate of drug-likeness (QED) is 0.859. The number of hydrogen-bond donors (Lipinski definition) is 1. The molecule has 0 atom stereocenters. The van der Waals surface area contributed by atoms with Crippen molar-refractivity contribution in [1.29, 1.82) is 0 Å². The second kappa shape index (κ2) is 6.36. The lowest BCUT2D eigenvalue weighted by molar-refractivity contribution is -0.150. The number of amides is 1. The minimum absolute atomic E-state index is 0.0387. The largest absolute Gasteiger partial charge is 0.481 e. The third-order valence-electron chi connectivity index (χ3n) is 4.24. The van der Waals surface area contributed by atoms with Crippen LogP contribution in [-0.2, 0) is 9.53 Å². The normalized spacial score (nSPS) is 16.7. The smallest absolute Gasteiger partial charge is 0.337 e. The van der Waals surface area contributed by atoms with E-state index >= 15 is 0 Å². The van der Waals surface area contributed by atoms with Crippen LogP contribution in [0.2, 0.25) is 0 Å². The van der Waals surface area contributed by atoms with Crippen LogP contribution in [-0.4, -0.2) is 48.1 Å². The number of piperidine rings is 1. The molecule has 1 heterocycles. The maximum absolute atomic E-state index is 13.6. The fourth-order valence-corrected chi connectivity index (χ4v) is 2.55. The molecule has 1 aliphatic rings. The second-order valence-corrected chi connectivity index (χ2v) is 5.88. The Labute approximate surface area is 132 Å². The Hall–Kier alpha value is -2.44. The maximum Gasteiger partial charge on any atom is 0.337 e. The number of rotatable bonds is 3. The molecule has 0 radical (unpaired) electrons. The third kappa shape index (κ3) is 3.49. The Balaban J connectivity index is 2.17. The van der Waals surface area contributed by atoms with Crippen LogP contribution >= 0.6 is 0 Å². The first-order valence-electron chi connectivity index (χ1n) is 7.18. The molecule has 0 aromatic heterocycles. The van der Waals surface area contributed by atoms with E-state index in [9.17, 15) is 23.9 Å². The molecule has 1 aromatic carbocycles. The second-order valence-electron chi connectivity index (χ2n) is 5.88. The van der Waals surface area contributed by atoms with E-state index in [1.54, 1.807) is 6.92 Å².